The van der Waals surface area contributed by atoms with Gasteiger partial charge in [0.2, 0.25) is 0 Å². The number of benzene rings is 1. The number of carbonyl (C=O) groups is 1. The Morgan fingerprint density at radius 2 is 2.33 bits per heavy atom. The zero-order valence-corrected chi connectivity index (χ0v) is 11.4. The second-order valence-corrected chi connectivity index (χ2v) is 4.53. The van der Waals surface area contributed by atoms with Crippen LogP contribution in [-0.2, 0) is 17.8 Å². The van der Waals surface area contributed by atoms with Crippen molar-refractivity contribution in [2.75, 3.05) is 7.11 Å². The first-order valence-electron chi connectivity index (χ1n) is 6.19. The number of carboxylic acids is 1. The molecule has 1 aromatic carbocycles. The molecule has 0 saturated carbocycles. The molecule has 0 amide bonds. The van der Waals surface area contributed by atoms with Crippen molar-refractivity contribution in [1.29, 1.82) is 0 Å². The van der Waals surface area contributed by atoms with E-state index in [1.165, 1.54) is 23.9 Å². The molecule has 1 heterocycles. The number of methoxy groups -OCH3 is 1. The van der Waals surface area contributed by atoms with Crippen molar-refractivity contribution in [3.05, 3.63) is 41.5 Å². The molecule has 8 heteroatoms. The van der Waals surface area contributed by atoms with Crippen molar-refractivity contribution in [2.24, 2.45) is 5.73 Å². The SMILES string of the molecule is COc1ccc(Cn2cc(CC(N)C(=O)O)nn2)cc1F. The van der Waals surface area contributed by atoms with Crippen LogP contribution >= 0.6 is 0 Å². The Kier molecular flexibility index (Phi) is 4.49. The zero-order valence-electron chi connectivity index (χ0n) is 11.4. The number of aliphatic carboxylic acids is 1. The van der Waals surface area contributed by atoms with E-state index in [0.717, 1.165) is 0 Å². The summed E-state index contributed by atoms with van der Waals surface area (Å²) in [5.41, 5.74) is 6.58. The number of nitrogens with two attached hydrogens (primary N) is 1. The Morgan fingerprint density at radius 3 is 2.95 bits per heavy atom. The summed E-state index contributed by atoms with van der Waals surface area (Å²) in [5, 5.41) is 16.4. The van der Waals surface area contributed by atoms with E-state index in [4.69, 9.17) is 15.6 Å². The molecule has 3 N–H and O–H groups in total. The predicted molar refractivity (Wildman–Crippen MR) is 71.4 cm³/mol. The molecule has 0 fully saturated rings. The molecular formula is C13H15FN4O3. The van der Waals surface area contributed by atoms with Crippen LogP contribution in [0.4, 0.5) is 4.39 Å². The first kappa shape index (κ1) is 14.9. The molecule has 1 unspecified atom stereocenters. The van der Waals surface area contributed by atoms with Gasteiger partial charge >= 0.3 is 5.97 Å². The van der Waals surface area contributed by atoms with E-state index in [0.29, 0.717) is 17.8 Å². The fourth-order valence-corrected chi connectivity index (χ4v) is 1.82. The Labute approximate surface area is 120 Å². The third-order valence-electron chi connectivity index (χ3n) is 2.89. The largest absolute Gasteiger partial charge is 0.494 e. The smallest absolute Gasteiger partial charge is 0.320 e. The quantitative estimate of drug-likeness (QED) is 0.800. The van der Waals surface area contributed by atoms with Crippen molar-refractivity contribution in [3.63, 3.8) is 0 Å². The van der Waals surface area contributed by atoms with Crippen LogP contribution in [0.15, 0.2) is 24.4 Å². The predicted octanol–water partition coefficient (Wildman–Crippen LogP) is 0.428. The average Bonchev–Trinajstić information content (AvgIpc) is 2.86. The van der Waals surface area contributed by atoms with E-state index in [1.807, 2.05) is 0 Å². The minimum Gasteiger partial charge on any atom is -0.494 e. The topological polar surface area (TPSA) is 103 Å². The van der Waals surface area contributed by atoms with Crippen LogP contribution in [0.2, 0.25) is 0 Å². The van der Waals surface area contributed by atoms with Crippen LogP contribution in [0.5, 0.6) is 5.75 Å². The zero-order chi connectivity index (χ0) is 15.4. The number of rotatable bonds is 6. The fourth-order valence-electron chi connectivity index (χ4n) is 1.82. The fraction of sp³-hybridized carbons (Fsp3) is 0.308. The number of halogens is 1. The Hall–Kier alpha value is -2.48. The van der Waals surface area contributed by atoms with Gasteiger partial charge in [0, 0.05) is 12.6 Å². The number of carboxylic acid groups (broad SMARTS) is 1. The summed E-state index contributed by atoms with van der Waals surface area (Å²) in [7, 11) is 1.40. The van der Waals surface area contributed by atoms with Gasteiger partial charge in [0.05, 0.1) is 19.3 Å². The third-order valence-corrected chi connectivity index (χ3v) is 2.89. The van der Waals surface area contributed by atoms with E-state index in [9.17, 15) is 9.18 Å². The maximum atomic E-state index is 13.6. The highest BCUT2D eigenvalue weighted by molar-refractivity contribution is 5.73. The van der Waals surface area contributed by atoms with E-state index in [-0.39, 0.29) is 12.2 Å². The molecule has 1 aromatic heterocycles. The van der Waals surface area contributed by atoms with E-state index in [1.54, 1.807) is 12.3 Å². The summed E-state index contributed by atoms with van der Waals surface area (Å²) in [6.45, 7) is 0.316. The van der Waals surface area contributed by atoms with Crippen LogP contribution in [0.3, 0.4) is 0 Å². The van der Waals surface area contributed by atoms with Gasteiger partial charge in [-0.1, -0.05) is 11.3 Å². The number of ether oxygens (including phenoxy) is 1. The summed E-state index contributed by atoms with van der Waals surface area (Å²) >= 11 is 0. The maximum Gasteiger partial charge on any atom is 0.320 e. The van der Waals surface area contributed by atoms with Gasteiger partial charge in [-0.15, -0.1) is 5.10 Å². The van der Waals surface area contributed by atoms with Gasteiger partial charge < -0.3 is 15.6 Å². The average molecular weight is 294 g/mol. The monoisotopic (exact) mass is 294 g/mol. The van der Waals surface area contributed by atoms with Gasteiger partial charge in [-0.3, -0.25) is 4.79 Å². The van der Waals surface area contributed by atoms with Gasteiger partial charge in [0.25, 0.3) is 0 Å². The molecule has 7 nitrogen and oxygen atoms in total. The lowest BCUT2D eigenvalue weighted by atomic mass is 10.2. The van der Waals surface area contributed by atoms with E-state index >= 15 is 0 Å². The number of nitrogens with zero attached hydrogens (tertiary/aromatic N) is 3. The molecule has 0 aliphatic carbocycles. The number of aromatic nitrogens is 3. The minimum absolute atomic E-state index is 0.0896. The summed E-state index contributed by atoms with van der Waals surface area (Å²) < 4.78 is 19.9. The second-order valence-electron chi connectivity index (χ2n) is 4.53. The maximum absolute atomic E-state index is 13.6. The highest BCUT2D eigenvalue weighted by atomic mass is 19.1. The lowest BCUT2D eigenvalue weighted by Gasteiger charge is -2.05. The van der Waals surface area contributed by atoms with Crippen molar-refractivity contribution in [2.45, 2.75) is 19.0 Å². The van der Waals surface area contributed by atoms with E-state index < -0.39 is 17.8 Å². The van der Waals surface area contributed by atoms with Gasteiger partial charge in [-0.25, -0.2) is 9.07 Å². The van der Waals surface area contributed by atoms with Gasteiger partial charge in [-0.05, 0) is 17.7 Å². The van der Waals surface area contributed by atoms with Crippen LogP contribution in [0.1, 0.15) is 11.3 Å². The molecule has 21 heavy (non-hydrogen) atoms. The molecule has 0 radical (unpaired) electrons. The van der Waals surface area contributed by atoms with Crippen molar-refractivity contribution in [1.82, 2.24) is 15.0 Å². The van der Waals surface area contributed by atoms with Crippen LogP contribution in [-0.4, -0.2) is 39.2 Å². The Bertz CT molecular complexity index is 644. The first-order chi connectivity index (χ1) is 9.99. The van der Waals surface area contributed by atoms with Crippen LogP contribution in [0, 0.1) is 5.82 Å². The second kappa shape index (κ2) is 6.31. The summed E-state index contributed by atoms with van der Waals surface area (Å²) in [6, 6.07) is 3.58. The van der Waals surface area contributed by atoms with Crippen molar-refractivity contribution < 1.29 is 19.0 Å². The highest BCUT2D eigenvalue weighted by Crippen LogP contribution is 2.18. The van der Waals surface area contributed by atoms with Crippen molar-refractivity contribution in [3.8, 4) is 5.75 Å². The molecule has 0 aliphatic rings. The van der Waals surface area contributed by atoms with Gasteiger partial charge in [0.15, 0.2) is 11.6 Å². The lowest BCUT2D eigenvalue weighted by Crippen LogP contribution is -2.32. The summed E-state index contributed by atoms with van der Waals surface area (Å²) in [6.07, 6.45) is 1.68. The minimum atomic E-state index is -1.10. The summed E-state index contributed by atoms with van der Waals surface area (Å²) in [5.74, 6) is -1.38. The molecular weight excluding hydrogens is 279 g/mol. The van der Waals surface area contributed by atoms with Crippen molar-refractivity contribution >= 4 is 5.97 Å². The third kappa shape index (κ3) is 3.76. The molecule has 0 saturated heterocycles. The first-order valence-corrected chi connectivity index (χ1v) is 6.19. The van der Waals surface area contributed by atoms with Crippen LogP contribution < -0.4 is 10.5 Å². The molecule has 2 rings (SSSR count). The van der Waals surface area contributed by atoms with Gasteiger partial charge in [0.1, 0.15) is 6.04 Å². The molecule has 0 aliphatic heterocycles. The Morgan fingerprint density at radius 1 is 1.57 bits per heavy atom. The number of hydrogen-bond donors (Lipinski definition) is 2. The van der Waals surface area contributed by atoms with Gasteiger partial charge in [-0.2, -0.15) is 0 Å². The summed E-state index contributed by atoms with van der Waals surface area (Å²) in [4.78, 5) is 10.7. The highest BCUT2D eigenvalue weighted by Gasteiger charge is 2.14. The van der Waals surface area contributed by atoms with E-state index in [2.05, 4.69) is 10.3 Å². The molecule has 0 spiro atoms. The van der Waals surface area contributed by atoms with Crippen LogP contribution in [0.25, 0.3) is 0 Å². The molecule has 112 valence electrons. The normalized spacial score (nSPS) is 12.1. The number of hydrogen-bond acceptors (Lipinski definition) is 5. The molecule has 2 aromatic rings. The molecule has 0 bridgehead atoms. The lowest BCUT2D eigenvalue weighted by molar-refractivity contribution is -0.138. The standard InChI is InChI=1S/C13H15FN4O3/c1-21-12-3-2-8(4-10(12)14)6-18-7-9(16-17-18)5-11(15)13(19)20/h2-4,7,11H,5-6,15H2,1H3,(H,19,20). The Balaban J connectivity index is 2.05. The molecule has 1 atom stereocenters.